The molecule has 0 radical (unpaired) electrons. The number of nitrogens with one attached hydrogen (secondary N) is 1. The first-order chi connectivity index (χ1) is 7.93. The van der Waals surface area contributed by atoms with Crippen molar-refractivity contribution in [3.8, 4) is 0 Å². The molecule has 1 amide bonds. The Hall–Kier alpha value is -0.870. The molecule has 1 aromatic rings. The lowest BCUT2D eigenvalue weighted by molar-refractivity contribution is 0.0908. The first-order valence-electron chi connectivity index (χ1n) is 5.92. The van der Waals surface area contributed by atoms with Crippen LogP contribution in [0, 0.1) is 19.8 Å². The smallest absolute Gasteiger partial charge is 0.252 e. The van der Waals surface area contributed by atoms with E-state index in [1.807, 2.05) is 19.9 Å². The van der Waals surface area contributed by atoms with E-state index < -0.39 is 0 Å². The van der Waals surface area contributed by atoms with Gasteiger partial charge in [-0.1, -0.05) is 13.8 Å². The van der Waals surface area contributed by atoms with Gasteiger partial charge in [0.05, 0.1) is 18.2 Å². The fourth-order valence-electron chi connectivity index (χ4n) is 1.87. The highest BCUT2D eigenvalue weighted by atomic mass is 32.1. The van der Waals surface area contributed by atoms with Crippen LogP contribution in [-0.4, -0.2) is 23.7 Å². The molecule has 1 unspecified atom stereocenters. The van der Waals surface area contributed by atoms with Gasteiger partial charge in [-0.25, -0.2) is 0 Å². The number of amides is 1. The van der Waals surface area contributed by atoms with E-state index in [4.69, 9.17) is 0 Å². The van der Waals surface area contributed by atoms with Crippen molar-refractivity contribution in [3.05, 3.63) is 21.4 Å². The third-order valence-electron chi connectivity index (χ3n) is 2.60. The minimum absolute atomic E-state index is 0.00785. The number of hydrogen-bond donors (Lipinski definition) is 2. The second-order valence-electron chi connectivity index (χ2n) is 4.81. The molecule has 4 heteroatoms. The number of rotatable bonds is 5. The monoisotopic (exact) mass is 255 g/mol. The third kappa shape index (κ3) is 4.13. The van der Waals surface area contributed by atoms with Gasteiger partial charge in [-0.05, 0) is 32.3 Å². The van der Waals surface area contributed by atoms with Crippen molar-refractivity contribution < 1.29 is 9.90 Å². The van der Waals surface area contributed by atoms with Crippen molar-refractivity contribution in [1.29, 1.82) is 0 Å². The average molecular weight is 255 g/mol. The lowest BCUT2D eigenvalue weighted by Gasteiger charge is -2.18. The maximum atomic E-state index is 12.0. The van der Waals surface area contributed by atoms with E-state index in [0.29, 0.717) is 5.92 Å². The SMILES string of the molecule is Cc1cc(C(=O)NC(CO)CC(C)C)c(C)s1. The van der Waals surface area contributed by atoms with E-state index in [1.54, 1.807) is 11.3 Å². The Morgan fingerprint density at radius 3 is 2.53 bits per heavy atom. The van der Waals surface area contributed by atoms with Gasteiger partial charge in [0.1, 0.15) is 0 Å². The van der Waals surface area contributed by atoms with Crippen LogP contribution in [0.15, 0.2) is 6.07 Å². The fourth-order valence-corrected chi connectivity index (χ4v) is 2.79. The van der Waals surface area contributed by atoms with Crippen LogP contribution >= 0.6 is 11.3 Å². The first kappa shape index (κ1) is 14.2. The Morgan fingerprint density at radius 1 is 1.47 bits per heavy atom. The number of aliphatic hydroxyl groups is 1. The van der Waals surface area contributed by atoms with Crippen molar-refractivity contribution in [2.45, 2.75) is 40.2 Å². The molecule has 0 bridgehead atoms. The van der Waals surface area contributed by atoms with Crippen LogP contribution < -0.4 is 5.32 Å². The molecule has 0 saturated heterocycles. The summed E-state index contributed by atoms with van der Waals surface area (Å²) in [5, 5.41) is 12.1. The van der Waals surface area contributed by atoms with E-state index in [0.717, 1.165) is 21.7 Å². The zero-order chi connectivity index (χ0) is 13.0. The highest BCUT2D eigenvalue weighted by molar-refractivity contribution is 7.12. The largest absolute Gasteiger partial charge is 0.394 e. The highest BCUT2D eigenvalue weighted by Crippen LogP contribution is 2.20. The molecular weight excluding hydrogens is 234 g/mol. The molecule has 1 atom stereocenters. The molecule has 17 heavy (non-hydrogen) atoms. The Morgan fingerprint density at radius 2 is 2.12 bits per heavy atom. The lowest BCUT2D eigenvalue weighted by Crippen LogP contribution is -2.38. The van der Waals surface area contributed by atoms with Crippen LogP contribution in [0.3, 0.4) is 0 Å². The quantitative estimate of drug-likeness (QED) is 0.849. The van der Waals surface area contributed by atoms with Crippen LogP contribution in [0.5, 0.6) is 0 Å². The summed E-state index contributed by atoms with van der Waals surface area (Å²) in [5.41, 5.74) is 0.731. The molecule has 0 saturated carbocycles. The van der Waals surface area contributed by atoms with E-state index in [2.05, 4.69) is 19.2 Å². The van der Waals surface area contributed by atoms with Gasteiger partial charge in [-0.3, -0.25) is 4.79 Å². The molecule has 96 valence electrons. The fraction of sp³-hybridized carbons (Fsp3) is 0.615. The predicted molar refractivity (Wildman–Crippen MR) is 71.6 cm³/mol. The van der Waals surface area contributed by atoms with Crippen molar-refractivity contribution in [3.63, 3.8) is 0 Å². The van der Waals surface area contributed by atoms with Crippen LogP contribution in [-0.2, 0) is 0 Å². The van der Waals surface area contributed by atoms with Gasteiger partial charge in [0, 0.05) is 9.75 Å². The second kappa shape index (κ2) is 6.17. The molecular formula is C13H21NO2S. The molecule has 1 rings (SSSR count). The topological polar surface area (TPSA) is 49.3 Å². The second-order valence-corrected chi connectivity index (χ2v) is 6.27. The summed E-state index contributed by atoms with van der Waals surface area (Å²) in [6.07, 6.45) is 0.796. The maximum absolute atomic E-state index is 12.0. The Kier molecular flexibility index (Phi) is 5.15. The van der Waals surface area contributed by atoms with Gasteiger partial charge in [0.15, 0.2) is 0 Å². The van der Waals surface area contributed by atoms with E-state index in [1.165, 1.54) is 0 Å². The van der Waals surface area contributed by atoms with Crippen LogP contribution in [0.25, 0.3) is 0 Å². The Balaban J connectivity index is 2.67. The lowest BCUT2D eigenvalue weighted by atomic mass is 10.0. The molecule has 0 fully saturated rings. The normalized spacial score (nSPS) is 12.8. The Labute approximate surface area is 107 Å². The minimum Gasteiger partial charge on any atom is -0.394 e. The number of carbonyl (C=O) groups is 1. The van der Waals surface area contributed by atoms with Gasteiger partial charge in [-0.2, -0.15) is 0 Å². The van der Waals surface area contributed by atoms with Gasteiger partial charge in [-0.15, -0.1) is 11.3 Å². The number of aryl methyl sites for hydroxylation is 2. The van der Waals surface area contributed by atoms with E-state index in [-0.39, 0.29) is 18.6 Å². The van der Waals surface area contributed by atoms with E-state index >= 15 is 0 Å². The van der Waals surface area contributed by atoms with Crippen LogP contribution in [0.4, 0.5) is 0 Å². The first-order valence-corrected chi connectivity index (χ1v) is 6.74. The Bertz CT molecular complexity index is 385. The molecule has 0 spiro atoms. The van der Waals surface area contributed by atoms with Crippen LogP contribution in [0.1, 0.15) is 40.4 Å². The zero-order valence-electron chi connectivity index (χ0n) is 10.9. The number of thiophene rings is 1. The molecule has 2 N–H and O–H groups in total. The molecule has 0 aromatic carbocycles. The molecule has 0 aliphatic rings. The minimum atomic E-state index is -0.151. The molecule has 3 nitrogen and oxygen atoms in total. The summed E-state index contributed by atoms with van der Waals surface area (Å²) in [5.74, 6) is 0.379. The number of hydrogen-bond acceptors (Lipinski definition) is 3. The standard InChI is InChI=1S/C13H21NO2S/c1-8(2)5-11(7-15)14-13(16)12-6-9(3)17-10(12)4/h6,8,11,15H,5,7H2,1-4H3,(H,14,16). The van der Waals surface area contributed by atoms with Crippen LogP contribution in [0.2, 0.25) is 0 Å². The van der Waals surface area contributed by atoms with Crippen molar-refractivity contribution in [2.75, 3.05) is 6.61 Å². The molecule has 1 heterocycles. The van der Waals surface area contributed by atoms with Crippen molar-refractivity contribution in [2.24, 2.45) is 5.92 Å². The van der Waals surface area contributed by atoms with Gasteiger partial charge < -0.3 is 10.4 Å². The van der Waals surface area contributed by atoms with Gasteiger partial charge in [0.25, 0.3) is 5.91 Å². The molecule has 1 aromatic heterocycles. The third-order valence-corrected chi connectivity index (χ3v) is 3.56. The maximum Gasteiger partial charge on any atom is 0.252 e. The van der Waals surface area contributed by atoms with Crippen molar-refractivity contribution in [1.82, 2.24) is 5.32 Å². The zero-order valence-corrected chi connectivity index (χ0v) is 11.7. The molecule has 0 aliphatic carbocycles. The highest BCUT2D eigenvalue weighted by Gasteiger charge is 2.17. The van der Waals surface area contributed by atoms with Gasteiger partial charge >= 0.3 is 0 Å². The summed E-state index contributed by atoms with van der Waals surface area (Å²) in [6.45, 7) is 8.09. The summed E-state index contributed by atoms with van der Waals surface area (Å²) >= 11 is 1.62. The van der Waals surface area contributed by atoms with Gasteiger partial charge in [0.2, 0.25) is 0 Å². The average Bonchev–Trinajstić information content (AvgIpc) is 2.56. The summed E-state index contributed by atoms with van der Waals surface area (Å²) in [6, 6.07) is 1.75. The summed E-state index contributed by atoms with van der Waals surface area (Å²) in [4.78, 5) is 14.2. The summed E-state index contributed by atoms with van der Waals surface area (Å²) in [7, 11) is 0. The van der Waals surface area contributed by atoms with Crippen molar-refractivity contribution >= 4 is 17.2 Å². The summed E-state index contributed by atoms with van der Waals surface area (Å²) < 4.78 is 0. The molecule has 0 aliphatic heterocycles. The number of carbonyl (C=O) groups excluding carboxylic acids is 1. The predicted octanol–water partition coefficient (Wildman–Crippen LogP) is 2.50. The number of aliphatic hydroxyl groups excluding tert-OH is 1. The van der Waals surface area contributed by atoms with E-state index in [9.17, 15) is 9.90 Å².